The van der Waals surface area contributed by atoms with Crippen LogP contribution in [0.15, 0.2) is 36.4 Å². The Hall–Kier alpha value is -3.41. The van der Waals surface area contributed by atoms with Crippen LogP contribution in [0.2, 0.25) is 0 Å². The number of hydrogen-bond donors (Lipinski definition) is 2. The number of nitriles is 1. The van der Waals surface area contributed by atoms with E-state index in [2.05, 4.69) is 16.7 Å². The van der Waals surface area contributed by atoms with Gasteiger partial charge >= 0.3 is 6.03 Å². The van der Waals surface area contributed by atoms with Gasteiger partial charge in [0.2, 0.25) is 0 Å². The molecule has 3 heterocycles. The molecule has 5 rings (SSSR count). The first-order valence-electron chi connectivity index (χ1n) is 12.2. The van der Waals surface area contributed by atoms with E-state index in [9.17, 15) is 9.59 Å². The van der Waals surface area contributed by atoms with Crippen molar-refractivity contribution in [2.45, 2.75) is 38.4 Å². The van der Waals surface area contributed by atoms with Crippen molar-refractivity contribution in [3.8, 4) is 6.07 Å². The standard InChI is InChI=1S/C27H30N4O4/c1-18-2-4-21(13-24(18)30-26(33)29-15-20-6-11-34-16-20)25(32)31-9-7-27(8-10-31)23-5-3-19(14-28)12-22(23)17-35-27/h2-5,12-13,20H,6-11,15-17H2,1H3,(H2,29,30,33). The zero-order valence-electron chi connectivity index (χ0n) is 19.9. The molecule has 2 fully saturated rings. The van der Waals surface area contributed by atoms with E-state index in [4.69, 9.17) is 14.7 Å². The Morgan fingerprint density at radius 3 is 2.77 bits per heavy atom. The molecule has 2 saturated heterocycles. The molecule has 0 aromatic heterocycles. The van der Waals surface area contributed by atoms with E-state index in [1.807, 2.05) is 42.2 Å². The minimum Gasteiger partial charge on any atom is -0.381 e. The van der Waals surface area contributed by atoms with Gasteiger partial charge in [0.1, 0.15) is 0 Å². The topological polar surface area (TPSA) is 104 Å². The molecule has 2 aromatic rings. The maximum atomic E-state index is 13.3. The summed E-state index contributed by atoms with van der Waals surface area (Å²) in [5.41, 5.74) is 4.54. The van der Waals surface area contributed by atoms with E-state index in [0.29, 0.717) is 68.4 Å². The number of likely N-dealkylation sites (tertiary alicyclic amines) is 1. The van der Waals surface area contributed by atoms with Crippen molar-refractivity contribution in [1.29, 1.82) is 5.26 Å². The van der Waals surface area contributed by atoms with Crippen LogP contribution in [0.25, 0.3) is 0 Å². The van der Waals surface area contributed by atoms with Crippen LogP contribution in [0.4, 0.5) is 10.5 Å². The lowest BCUT2D eigenvalue weighted by molar-refractivity contribution is -0.0741. The lowest BCUT2D eigenvalue weighted by Gasteiger charge is -2.39. The third kappa shape index (κ3) is 4.75. The molecule has 3 aliphatic rings. The second kappa shape index (κ2) is 9.68. The number of carbonyl (C=O) groups excluding carboxylic acids is 2. The van der Waals surface area contributed by atoms with Gasteiger partial charge < -0.3 is 25.0 Å². The van der Waals surface area contributed by atoms with Gasteiger partial charge in [0, 0.05) is 43.4 Å². The van der Waals surface area contributed by atoms with Crippen molar-refractivity contribution in [3.05, 3.63) is 64.2 Å². The molecule has 35 heavy (non-hydrogen) atoms. The largest absolute Gasteiger partial charge is 0.381 e. The molecule has 0 saturated carbocycles. The molecule has 8 nitrogen and oxygen atoms in total. The number of fused-ring (bicyclic) bond motifs is 2. The van der Waals surface area contributed by atoms with Crippen LogP contribution in [0.3, 0.4) is 0 Å². The van der Waals surface area contributed by atoms with Gasteiger partial charge in [-0.15, -0.1) is 0 Å². The van der Waals surface area contributed by atoms with E-state index >= 15 is 0 Å². The monoisotopic (exact) mass is 474 g/mol. The second-order valence-corrected chi connectivity index (χ2v) is 9.65. The molecule has 2 N–H and O–H groups in total. The van der Waals surface area contributed by atoms with Crippen molar-refractivity contribution in [2.75, 3.05) is 38.2 Å². The van der Waals surface area contributed by atoms with Crippen LogP contribution in [0, 0.1) is 24.2 Å². The normalized spacial score (nSPS) is 20.3. The van der Waals surface area contributed by atoms with Crippen molar-refractivity contribution in [1.82, 2.24) is 10.2 Å². The lowest BCUT2D eigenvalue weighted by Crippen LogP contribution is -2.45. The fraction of sp³-hybridized carbons (Fsp3) is 0.444. The van der Waals surface area contributed by atoms with Crippen LogP contribution < -0.4 is 10.6 Å². The average Bonchev–Trinajstić information content (AvgIpc) is 3.52. The predicted octanol–water partition coefficient (Wildman–Crippen LogP) is 3.69. The lowest BCUT2D eigenvalue weighted by atomic mass is 9.83. The Morgan fingerprint density at radius 1 is 1.20 bits per heavy atom. The van der Waals surface area contributed by atoms with Crippen molar-refractivity contribution in [2.24, 2.45) is 5.92 Å². The SMILES string of the molecule is Cc1ccc(C(=O)N2CCC3(CC2)OCc2cc(C#N)ccc23)cc1NC(=O)NCC1CCOC1. The number of amides is 3. The first-order chi connectivity index (χ1) is 17.0. The van der Waals surface area contributed by atoms with Gasteiger partial charge in [0.25, 0.3) is 5.91 Å². The van der Waals surface area contributed by atoms with E-state index in [0.717, 1.165) is 29.7 Å². The minimum atomic E-state index is -0.386. The summed E-state index contributed by atoms with van der Waals surface area (Å²) in [7, 11) is 0. The van der Waals surface area contributed by atoms with E-state index < -0.39 is 0 Å². The Labute approximate surface area is 205 Å². The minimum absolute atomic E-state index is 0.0514. The third-order valence-corrected chi connectivity index (χ3v) is 7.40. The summed E-state index contributed by atoms with van der Waals surface area (Å²) in [5.74, 6) is 0.297. The van der Waals surface area contributed by atoms with Crippen LogP contribution >= 0.6 is 0 Å². The molecule has 1 atom stereocenters. The van der Waals surface area contributed by atoms with Crippen LogP contribution in [0.5, 0.6) is 0 Å². The second-order valence-electron chi connectivity index (χ2n) is 9.65. The summed E-state index contributed by atoms with van der Waals surface area (Å²) in [6.07, 6.45) is 2.38. The quantitative estimate of drug-likeness (QED) is 0.704. The highest BCUT2D eigenvalue weighted by Gasteiger charge is 2.43. The highest BCUT2D eigenvalue weighted by Crippen LogP contribution is 2.44. The highest BCUT2D eigenvalue weighted by atomic mass is 16.5. The third-order valence-electron chi connectivity index (χ3n) is 7.40. The summed E-state index contributed by atoms with van der Waals surface area (Å²) in [6, 6.07) is 13.1. The van der Waals surface area contributed by atoms with Crippen molar-refractivity contribution in [3.63, 3.8) is 0 Å². The van der Waals surface area contributed by atoms with Gasteiger partial charge in [0.15, 0.2) is 0 Å². The molecule has 8 heteroatoms. The molecule has 1 spiro atoms. The summed E-state index contributed by atoms with van der Waals surface area (Å²) in [4.78, 5) is 27.5. The Kier molecular flexibility index (Phi) is 6.46. The Bertz CT molecular complexity index is 1170. The summed E-state index contributed by atoms with van der Waals surface area (Å²) in [5, 5.41) is 15.0. The van der Waals surface area contributed by atoms with Gasteiger partial charge in [-0.3, -0.25) is 4.79 Å². The maximum absolute atomic E-state index is 13.3. The van der Waals surface area contributed by atoms with Crippen LogP contribution in [0.1, 0.15) is 51.9 Å². The first-order valence-corrected chi connectivity index (χ1v) is 12.2. The molecular formula is C27H30N4O4. The zero-order chi connectivity index (χ0) is 24.4. The Balaban J connectivity index is 1.21. The number of hydrogen-bond acceptors (Lipinski definition) is 5. The molecule has 0 radical (unpaired) electrons. The zero-order valence-corrected chi connectivity index (χ0v) is 19.9. The molecule has 1 unspecified atom stereocenters. The fourth-order valence-corrected chi connectivity index (χ4v) is 5.23. The van der Waals surface area contributed by atoms with Gasteiger partial charge in [-0.05, 0) is 67.1 Å². The summed E-state index contributed by atoms with van der Waals surface area (Å²) in [6.45, 7) is 5.57. The molecule has 0 bridgehead atoms. The average molecular weight is 475 g/mol. The van der Waals surface area contributed by atoms with Gasteiger partial charge in [-0.25, -0.2) is 4.79 Å². The molecule has 2 aromatic carbocycles. The molecule has 0 aliphatic carbocycles. The number of rotatable bonds is 4. The fourth-order valence-electron chi connectivity index (χ4n) is 5.23. The molecule has 3 aliphatic heterocycles. The number of carbonyl (C=O) groups is 2. The maximum Gasteiger partial charge on any atom is 0.319 e. The van der Waals surface area contributed by atoms with Crippen LogP contribution in [-0.2, 0) is 21.7 Å². The smallest absolute Gasteiger partial charge is 0.319 e. The molecular weight excluding hydrogens is 444 g/mol. The molecule has 3 amide bonds. The van der Waals surface area contributed by atoms with Gasteiger partial charge in [0.05, 0.1) is 30.4 Å². The summed E-state index contributed by atoms with van der Waals surface area (Å²) >= 11 is 0. The van der Waals surface area contributed by atoms with E-state index in [1.54, 1.807) is 6.07 Å². The first kappa shape index (κ1) is 23.3. The Morgan fingerprint density at radius 2 is 2.03 bits per heavy atom. The number of aryl methyl sites for hydroxylation is 1. The number of urea groups is 1. The number of nitrogens with zero attached hydrogens (tertiary/aromatic N) is 2. The number of ether oxygens (including phenoxy) is 2. The predicted molar refractivity (Wildman–Crippen MR) is 130 cm³/mol. The number of piperidine rings is 1. The summed E-state index contributed by atoms with van der Waals surface area (Å²) < 4.78 is 11.6. The number of benzene rings is 2. The van der Waals surface area contributed by atoms with E-state index in [1.165, 1.54) is 0 Å². The number of anilines is 1. The number of nitrogens with one attached hydrogen (secondary N) is 2. The highest BCUT2D eigenvalue weighted by molar-refractivity contribution is 5.97. The van der Waals surface area contributed by atoms with E-state index in [-0.39, 0.29) is 17.5 Å². The van der Waals surface area contributed by atoms with Crippen LogP contribution in [-0.4, -0.2) is 49.7 Å². The van der Waals surface area contributed by atoms with Crippen molar-refractivity contribution >= 4 is 17.6 Å². The van der Waals surface area contributed by atoms with Gasteiger partial charge in [-0.2, -0.15) is 5.26 Å². The molecule has 182 valence electrons. The van der Waals surface area contributed by atoms with Crippen molar-refractivity contribution < 1.29 is 19.1 Å². The van der Waals surface area contributed by atoms with Gasteiger partial charge in [-0.1, -0.05) is 12.1 Å².